The Balaban J connectivity index is 1.16. The molecule has 0 saturated carbocycles. The minimum atomic E-state index is 0.664. The second-order valence-corrected chi connectivity index (χ2v) is 12.2. The SMILES string of the molecule is c1ccc(-c2ccc(-c3ccc(N(c4cccc(-c5ccccc5)c4)c4cccc5c4Oc4cccc6cccc(c46)O5)cc3)cc2)cc1. The fourth-order valence-electron chi connectivity index (χ4n) is 6.71. The van der Waals surface area contributed by atoms with Crippen LogP contribution in [0.2, 0.25) is 0 Å². The van der Waals surface area contributed by atoms with Crippen molar-refractivity contribution in [3.8, 4) is 56.4 Å². The van der Waals surface area contributed by atoms with E-state index in [1.807, 2.05) is 48.5 Å². The molecule has 0 aliphatic carbocycles. The van der Waals surface area contributed by atoms with E-state index in [2.05, 4.69) is 144 Å². The molecule has 0 unspecified atom stereocenters. The molecular formula is C46H31NO2. The fourth-order valence-corrected chi connectivity index (χ4v) is 6.71. The van der Waals surface area contributed by atoms with Crippen molar-refractivity contribution >= 4 is 27.8 Å². The van der Waals surface area contributed by atoms with E-state index in [1.165, 1.54) is 16.7 Å². The first kappa shape index (κ1) is 28.6. The lowest BCUT2D eigenvalue weighted by Gasteiger charge is -2.28. The third-order valence-corrected chi connectivity index (χ3v) is 9.12. The van der Waals surface area contributed by atoms with Crippen molar-refractivity contribution in [2.45, 2.75) is 0 Å². The summed E-state index contributed by atoms with van der Waals surface area (Å²) in [6, 6.07) is 65.5. The Bertz CT molecular complexity index is 2410. The smallest absolute Gasteiger partial charge is 0.193 e. The van der Waals surface area contributed by atoms with Gasteiger partial charge in [-0.05, 0) is 87.3 Å². The van der Waals surface area contributed by atoms with Crippen molar-refractivity contribution in [2.24, 2.45) is 0 Å². The van der Waals surface area contributed by atoms with Gasteiger partial charge in [-0.1, -0.05) is 140 Å². The highest BCUT2D eigenvalue weighted by Gasteiger charge is 2.25. The molecule has 49 heavy (non-hydrogen) atoms. The summed E-state index contributed by atoms with van der Waals surface area (Å²) in [5.74, 6) is 2.88. The molecule has 0 saturated heterocycles. The van der Waals surface area contributed by atoms with E-state index in [0.29, 0.717) is 11.5 Å². The van der Waals surface area contributed by atoms with Crippen LogP contribution in [0.3, 0.4) is 0 Å². The average molecular weight is 630 g/mol. The lowest BCUT2D eigenvalue weighted by atomic mass is 10.00. The van der Waals surface area contributed by atoms with Crippen molar-refractivity contribution < 1.29 is 9.47 Å². The zero-order valence-electron chi connectivity index (χ0n) is 26.7. The van der Waals surface area contributed by atoms with Crippen LogP contribution >= 0.6 is 0 Å². The van der Waals surface area contributed by atoms with E-state index in [9.17, 15) is 0 Å². The molecule has 1 aliphatic heterocycles. The van der Waals surface area contributed by atoms with E-state index in [-0.39, 0.29) is 0 Å². The molecule has 8 aromatic carbocycles. The summed E-state index contributed by atoms with van der Waals surface area (Å²) < 4.78 is 13.4. The largest absolute Gasteiger partial charge is 0.453 e. The van der Waals surface area contributed by atoms with Crippen molar-refractivity contribution in [1.29, 1.82) is 0 Å². The Morgan fingerprint density at radius 1 is 0.327 bits per heavy atom. The highest BCUT2D eigenvalue weighted by atomic mass is 16.5. The number of anilines is 3. The number of rotatable bonds is 6. The molecule has 1 aliphatic rings. The lowest BCUT2D eigenvalue weighted by molar-refractivity contribution is 0.440. The first-order valence-electron chi connectivity index (χ1n) is 16.5. The normalized spacial score (nSPS) is 11.6. The van der Waals surface area contributed by atoms with Crippen LogP contribution < -0.4 is 14.4 Å². The topological polar surface area (TPSA) is 21.7 Å². The van der Waals surface area contributed by atoms with Gasteiger partial charge in [-0.15, -0.1) is 0 Å². The predicted molar refractivity (Wildman–Crippen MR) is 202 cm³/mol. The van der Waals surface area contributed by atoms with Gasteiger partial charge in [-0.2, -0.15) is 0 Å². The molecule has 3 nitrogen and oxygen atoms in total. The first-order chi connectivity index (χ1) is 24.3. The summed E-state index contributed by atoms with van der Waals surface area (Å²) in [6.07, 6.45) is 0. The minimum Gasteiger partial charge on any atom is -0.453 e. The van der Waals surface area contributed by atoms with Crippen LogP contribution in [0.4, 0.5) is 17.1 Å². The standard InChI is InChI=1S/C46H31NO2/c1-3-11-32(12-4-1)34-23-25-35(26-24-34)36-27-29-39(30-28-36)47(40-18-7-17-38(31-40)33-13-5-2-6-14-33)41-19-10-22-44-46(41)49-43-21-9-16-37-15-8-20-42(48-44)45(37)43/h1-31H. The summed E-state index contributed by atoms with van der Waals surface area (Å²) in [7, 11) is 0. The molecule has 0 fully saturated rings. The molecule has 0 radical (unpaired) electrons. The molecule has 0 amide bonds. The van der Waals surface area contributed by atoms with Gasteiger partial charge < -0.3 is 14.4 Å². The van der Waals surface area contributed by atoms with E-state index in [4.69, 9.17) is 9.47 Å². The monoisotopic (exact) mass is 629 g/mol. The second-order valence-electron chi connectivity index (χ2n) is 12.2. The van der Waals surface area contributed by atoms with E-state index >= 15 is 0 Å². The number of fused-ring (bicyclic) bond motifs is 1. The molecule has 0 bridgehead atoms. The minimum absolute atomic E-state index is 0.664. The summed E-state index contributed by atoms with van der Waals surface area (Å²) in [4.78, 5) is 2.26. The molecule has 0 aromatic heterocycles. The van der Waals surface area contributed by atoms with Crippen LogP contribution in [0.5, 0.6) is 23.0 Å². The Hall–Kier alpha value is -6.58. The molecule has 3 heteroatoms. The predicted octanol–water partition coefficient (Wildman–Crippen LogP) is 13.2. The third kappa shape index (κ3) is 5.38. The van der Waals surface area contributed by atoms with Gasteiger partial charge in [0.05, 0.1) is 11.1 Å². The molecule has 8 aromatic rings. The number of ether oxygens (including phenoxy) is 2. The van der Waals surface area contributed by atoms with Crippen LogP contribution in [-0.4, -0.2) is 0 Å². The zero-order chi connectivity index (χ0) is 32.6. The molecule has 1 heterocycles. The van der Waals surface area contributed by atoms with Gasteiger partial charge in [0.25, 0.3) is 0 Å². The van der Waals surface area contributed by atoms with Crippen LogP contribution in [0.15, 0.2) is 188 Å². The maximum absolute atomic E-state index is 6.82. The number of hydrogen-bond donors (Lipinski definition) is 0. The van der Waals surface area contributed by atoms with Crippen molar-refractivity contribution in [3.05, 3.63) is 188 Å². The number of nitrogens with zero attached hydrogens (tertiary/aromatic N) is 1. The third-order valence-electron chi connectivity index (χ3n) is 9.12. The fraction of sp³-hybridized carbons (Fsp3) is 0. The van der Waals surface area contributed by atoms with Gasteiger partial charge in [0.15, 0.2) is 11.5 Å². The quantitative estimate of drug-likeness (QED) is 0.183. The average Bonchev–Trinajstić information content (AvgIpc) is 3.34. The second kappa shape index (κ2) is 12.2. The first-order valence-corrected chi connectivity index (χ1v) is 16.5. The van der Waals surface area contributed by atoms with Gasteiger partial charge in [-0.25, -0.2) is 0 Å². The van der Waals surface area contributed by atoms with Gasteiger partial charge in [0.2, 0.25) is 0 Å². The van der Waals surface area contributed by atoms with E-state index in [0.717, 1.165) is 56.0 Å². The highest BCUT2D eigenvalue weighted by Crippen LogP contribution is 2.52. The Labute approximate surface area is 285 Å². The van der Waals surface area contributed by atoms with Crippen molar-refractivity contribution in [1.82, 2.24) is 0 Å². The zero-order valence-corrected chi connectivity index (χ0v) is 26.7. The number of hydrogen-bond acceptors (Lipinski definition) is 3. The van der Waals surface area contributed by atoms with Crippen LogP contribution in [0, 0.1) is 0 Å². The summed E-state index contributed by atoms with van der Waals surface area (Å²) in [5.41, 5.74) is 9.93. The summed E-state index contributed by atoms with van der Waals surface area (Å²) in [6.45, 7) is 0. The summed E-state index contributed by atoms with van der Waals surface area (Å²) in [5, 5.41) is 2.04. The van der Waals surface area contributed by atoms with Crippen LogP contribution in [0.25, 0.3) is 44.2 Å². The van der Waals surface area contributed by atoms with Gasteiger partial charge in [0, 0.05) is 11.4 Å². The Kier molecular flexibility index (Phi) is 7.14. The van der Waals surface area contributed by atoms with Crippen LogP contribution in [-0.2, 0) is 0 Å². The van der Waals surface area contributed by atoms with Crippen molar-refractivity contribution in [2.75, 3.05) is 4.90 Å². The Morgan fingerprint density at radius 2 is 0.816 bits per heavy atom. The van der Waals surface area contributed by atoms with Gasteiger partial charge in [-0.3, -0.25) is 0 Å². The molecule has 0 spiro atoms. The number of benzene rings is 8. The Morgan fingerprint density at radius 3 is 1.47 bits per heavy atom. The van der Waals surface area contributed by atoms with Crippen molar-refractivity contribution in [3.63, 3.8) is 0 Å². The molecular weight excluding hydrogens is 599 g/mol. The molecule has 9 rings (SSSR count). The maximum Gasteiger partial charge on any atom is 0.193 e. The van der Waals surface area contributed by atoms with E-state index in [1.54, 1.807) is 0 Å². The van der Waals surface area contributed by atoms with E-state index < -0.39 is 0 Å². The molecule has 0 atom stereocenters. The number of para-hydroxylation sites is 1. The maximum atomic E-state index is 6.82. The highest BCUT2D eigenvalue weighted by molar-refractivity contribution is 5.96. The summed E-state index contributed by atoms with van der Waals surface area (Å²) >= 11 is 0. The molecule has 0 N–H and O–H groups in total. The van der Waals surface area contributed by atoms with Gasteiger partial charge in [0.1, 0.15) is 11.5 Å². The van der Waals surface area contributed by atoms with Crippen LogP contribution in [0.1, 0.15) is 0 Å². The van der Waals surface area contributed by atoms with Gasteiger partial charge >= 0.3 is 0 Å². The lowest BCUT2D eigenvalue weighted by Crippen LogP contribution is -2.11. The molecule has 232 valence electrons.